The molecule has 3 rings (SSSR count). The van der Waals surface area contributed by atoms with Crippen molar-refractivity contribution in [1.82, 2.24) is 15.5 Å². The van der Waals surface area contributed by atoms with E-state index in [2.05, 4.69) is 22.5 Å². The molecule has 2 unspecified atom stereocenters. The number of rotatable bonds is 10. The number of guanidine groups is 1. The molecule has 0 spiro atoms. The summed E-state index contributed by atoms with van der Waals surface area (Å²) >= 11 is 0. The van der Waals surface area contributed by atoms with Gasteiger partial charge < -0.3 is 29.7 Å². The number of nitrogens with zero attached hydrogens (tertiary/aromatic N) is 2. The molecule has 0 aromatic rings. The lowest BCUT2D eigenvalue weighted by molar-refractivity contribution is 0.0893. The molecule has 8 heteroatoms. The summed E-state index contributed by atoms with van der Waals surface area (Å²) in [4.78, 5) is 7.34. The van der Waals surface area contributed by atoms with E-state index in [0.717, 1.165) is 77.4 Å². The summed E-state index contributed by atoms with van der Waals surface area (Å²) in [5.41, 5.74) is 0. The van der Waals surface area contributed by atoms with Crippen molar-refractivity contribution < 1.29 is 14.2 Å². The Kier molecular flexibility index (Phi) is 12.8. The molecule has 3 aliphatic heterocycles. The first-order valence-electron chi connectivity index (χ1n) is 11.3. The maximum atomic E-state index is 5.77. The van der Waals surface area contributed by atoms with Crippen molar-refractivity contribution in [2.45, 2.75) is 45.1 Å². The third-order valence-electron chi connectivity index (χ3n) is 5.91. The molecule has 2 N–H and O–H groups in total. The topological polar surface area (TPSA) is 67.4 Å². The van der Waals surface area contributed by atoms with Gasteiger partial charge in [0.25, 0.3) is 0 Å². The lowest BCUT2D eigenvalue weighted by Gasteiger charge is -2.34. The highest BCUT2D eigenvalue weighted by Gasteiger charge is 2.24. The molecular formula is C21H41IN4O3. The first-order chi connectivity index (χ1) is 13.8. The molecule has 2 atom stereocenters. The number of ether oxygens (including phenoxy) is 3. The van der Waals surface area contributed by atoms with Gasteiger partial charge in [-0.2, -0.15) is 0 Å². The number of hydrogen-bond donors (Lipinski definition) is 2. The number of likely N-dealkylation sites (tertiary alicyclic amines) is 1. The summed E-state index contributed by atoms with van der Waals surface area (Å²) < 4.78 is 16.7. The lowest BCUT2D eigenvalue weighted by atomic mass is 10.0. The third kappa shape index (κ3) is 9.67. The molecule has 3 heterocycles. The highest BCUT2D eigenvalue weighted by Crippen LogP contribution is 2.17. The van der Waals surface area contributed by atoms with Crippen molar-refractivity contribution in [3.05, 3.63) is 0 Å². The van der Waals surface area contributed by atoms with Gasteiger partial charge in [0.05, 0.1) is 19.8 Å². The van der Waals surface area contributed by atoms with Crippen LogP contribution < -0.4 is 10.6 Å². The molecule has 0 amide bonds. The van der Waals surface area contributed by atoms with Crippen LogP contribution in [0.25, 0.3) is 0 Å². The molecule has 7 nitrogen and oxygen atoms in total. The summed E-state index contributed by atoms with van der Waals surface area (Å²) in [6.07, 6.45) is 5.70. The Hall–Kier alpha value is -0.160. The molecule has 3 saturated heterocycles. The molecular weight excluding hydrogens is 483 g/mol. The minimum Gasteiger partial charge on any atom is -0.381 e. The summed E-state index contributed by atoms with van der Waals surface area (Å²) in [5.74, 6) is 2.29. The predicted octanol–water partition coefficient (Wildman–Crippen LogP) is 2.10. The highest BCUT2D eigenvalue weighted by atomic mass is 127. The third-order valence-corrected chi connectivity index (χ3v) is 5.91. The smallest absolute Gasteiger partial charge is 0.191 e. The Bertz CT molecular complexity index is 449. The second-order valence-corrected chi connectivity index (χ2v) is 8.37. The maximum Gasteiger partial charge on any atom is 0.191 e. The van der Waals surface area contributed by atoms with Crippen LogP contribution in [-0.2, 0) is 14.2 Å². The Balaban J connectivity index is 0.00000300. The standard InChI is InChI=1S/C21H40N4O3.HI/c1-2-22-21(23-8-3-11-26-16-19-7-13-28-17-19)24-20-4-9-25(10-5-20)14-18-6-12-27-15-18;/h18-20H,2-17H2,1H3,(H2,22,23,24);1H. The van der Waals surface area contributed by atoms with Gasteiger partial charge in [0.15, 0.2) is 5.96 Å². The number of nitrogens with one attached hydrogen (secondary N) is 2. The van der Waals surface area contributed by atoms with Crippen LogP contribution in [0.1, 0.15) is 39.0 Å². The van der Waals surface area contributed by atoms with Crippen LogP contribution in [0.15, 0.2) is 4.99 Å². The second kappa shape index (κ2) is 14.8. The normalized spacial score (nSPS) is 26.4. The van der Waals surface area contributed by atoms with Crippen molar-refractivity contribution in [1.29, 1.82) is 0 Å². The summed E-state index contributed by atoms with van der Waals surface area (Å²) in [7, 11) is 0. The van der Waals surface area contributed by atoms with E-state index in [4.69, 9.17) is 19.2 Å². The minimum absolute atomic E-state index is 0. The quantitative estimate of drug-likeness (QED) is 0.198. The zero-order valence-electron chi connectivity index (χ0n) is 18.1. The molecule has 0 radical (unpaired) electrons. The Morgan fingerprint density at radius 2 is 1.79 bits per heavy atom. The monoisotopic (exact) mass is 524 g/mol. The van der Waals surface area contributed by atoms with Crippen LogP contribution in [-0.4, -0.2) is 89.3 Å². The number of aliphatic imine (C=N–C) groups is 1. The number of hydrogen-bond acceptors (Lipinski definition) is 5. The van der Waals surface area contributed by atoms with E-state index in [1.807, 2.05) is 0 Å². The summed E-state index contributed by atoms with van der Waals surface area (Å²) in [6.45, 7) is 12.6. The van der Waals surface area contributed by atoms with Crippen LogP contribution in [0.5, 0.6) is 0 Å². The van der Waals surface area contributed by atoms with Gasteiger partial charge in [-0.3, -0.25) is 4.99 Å². The zero-order chi connectivity index (χ0) is 19.4. The van der Waals surface area contributed by atoms with Crippen molar-refractivity contribution in [3.63, 3.8) is 0 Å². The van der Waals surface area contributed by atoms with E-state index < -0.39 is 0 Å². The SMILES string of the molecule is CCNC(=NCCCOCC1CCOC1)NC1CCN(CC2CCOC2)CC1.I. The number of halogens is 1. The minimum atomic E-state index is 0. The van der Waals surface area contributed by atoms with E-state index in [0.29, 0.717) is 12.0 Å². The van der Waals surface area contributed by atoms with Gasteiger partial charge in [-0.15, -0.1) is 24.0 Å². The van der Waals surface area contributed by atoms with E-state index in [1.165, 1.54) is 38.9 Å². The molecule has 0 saturated carbocycles. The van der Waals surface area contributed by atoms with E-state index in [-0.39, 0.29) is 24.0 Å². The van der Waals surface area contributed by atoms with E-state index in [9.17, 15) is 0 Å². The van der Waals surface area contributed by atoms with Gasteiger partial charge in [-0.1, -0.05) is 0 Å². The van der Waals surface area contributed by atoms with Crippen molar-refractivity contribution in [2.24, 2.45) is 16.8 Å². The van der Waals surface area contributed by atoms with Crippen LogP contribution >= 0.6 is 24.0 Å². The molecule has 29 heavy (non-hydrogen) atoms. The Morgan fingerprint density at radius 1 is 1.07 bits per heavy atom. The van der Waals surface area contributed by atoms with Gasteiger partial charge in [0.2, 0.25) is 0 Å². The largest absolute Gasteiger partial charge is 0.381 e. The maximum absolute atomic E-state index is 5.77. The second-order valence-electron chi connectivity index (χ2n) is 8.37. The average Bonchev–Trinajstić information content (AvgIpc) is 3.40. The van der Waals surface area contributed by atoms with E-state index >= 15 is 0 Å². The van der Waals surface area contributed by atoms with Crippen LogP contribution in [0.4, 0.5) is 0 Å². The number of piperidine rings is 1. The fourth-order valence-corrected chi connectivity index (χ4v) is 4.19. The van der Waals surface area contributed by atoms with Crippen LogP contribution in [0, 0.1) is 11.8 Å². The lowest BCUT2D eigenvalue weighted by Crippen LogP contribution is -2.49. The molecule has 3 aliphatic rings. The fourth-order valence-electron chi connectivity index (χ4n) is 4.19. The average molecular weight is 524 g/mol. The summed E-state index contributed by atoms with van der Waals surface area (Å²) in [5, 5.41) is 7.02. The van der Waals surface area contributed by atoms with Crippen molar-refractivity contribution in [3.8, 4) is 0 Å². The highest BCUT2D eigenvalue weighted by molar-refractivity contribution is 14.0. The van der Waals surface area contributed by atoms with Crippen LogP contribution in [0.2, 0.25) is 0 Å². The van der Waals surface area contributed by atoms with Crippen molar-refractivity contribution >= 4 is 29.9 Å². The van der Waals surface area contributed by atoms with Crippen LogP contribution in [0.3, 0.4) is 0 Å². The predicted molar refractivity (Wildman–Crippen MR) is 127 cm³/mol. The van der Waals surface area contributed by atoms with Gasteiger partial charge in [-0.25, -0.2) is 0 Å². The zero-order valence-corrected chi connectivity index (χ0v) is 20.4. The van der Waals surface area contributed by atoms with E-state index in [1.54, 1.807) is 0 Å². The summed E-state index contributed by atoms with van der Waals surface area (Å²) in [6, 6.07) is 0.521. The molecule has 0 aromatic carbocycles. The van der Waals surface area contributed by atoms with Crippen molar-refractivity contribution in [2.75, 3.05) is 72.4 Å². The van der Waals surface area contributed by atoms with Gasteiger partial charge in [0, 0.05) is 64.5 Å². The van der Waals surface area contributed by atoms with Gasteiger partial charge in [0.1, 0.15) is 0 Å². The van der Waals surface area contributed by atoms with Gasteiger partial charge in [-0.05, 0) is 44.9 Å². The molecule has 0 aromatic heterocycles. The first kappa shape index (κ1) is 25.1. The Morgan fingerprint density at radius 3 is 2.45 bits per heavy atom. The fraction of sp³-hybridized carbons (Fsp3) is 0.952. The Labute approximate surface area is 193 Å². The van der Waals surface area contributed by atoms with Gasteiger partial charge >= 0.3 is 0 Å². The molecule has 3 fully saturated rings. The molecule has 0 aliphatic carbocycles. The molecule has 170 valence electrons. The molecule has 0 bridgehead atoms. The first-order valence-corrected chi connectivity index (χ1v) is 11.3.